The number of rotatable bonds is 5. The Bertz CT molecular complexity index is 1250. The smallest absolute Gasteiger partial charge is 0.260 e. The summed E-state index contributed by atoms with van der Waals surface area (Å²) >= 11 is 0. The third-order valence-corrected chi connectivity index (χ3v) is 6.95. The lowest BCUT2D eigenvalue weighted by Gasteiger charge is -2.30. The number of benzene rings is 1. The van der Waals surface area contributed by atoms with Crippen LogP contribution in [-0.2, 0) is 24.2 Å². The van der Waals surface area contributed by atoms with Gasteiger partial charge in [0.15, 0.2) is 0 Å². The van der Waals surface area contributed by atoms with Gasteiger partial charge in [-0.1, -0.05) is 6.07 Å². The first kappa shape index (κ1) is 20.6. The van der Waals surface area contributed by atoms with Crippen molar-refractivity contribution in [1.29, 1.82) is 0 Å². The van der Waals surface area contributed by atoms with Crippen LogP contribution in [0.4, 0.5) is 5.95 Å². The molecule has 0 amide bonds. The molecule has 6 rings (SSSR count). The van der Waals surface area contributed by atoms with E-state index in [1.54, 1.807) is 7.11 Å². The fourth-order valence-corrected chi connectivity index (χ4v) is 4.97. The minimum Gasteiger partial charge on any atom is -0.497 e. The number of nitrogens with one attached hydrogen (secondary N) is 1. The molecule has 3 aliphatic rings. The Morgan fingerprint density at radius 2 is 2.00 bits per heavy atom. The van der Waals surface area contributed by atoms with E-state index in [0.717, 1.165) is 81.4 Å². The molecule has 0 atom stereocenters. The van der Waals surface area contributed by atoms with Crippen molar-refractivity contribution >= 4 is 16.9 Å². The fourth-order valence-electron chi connectivity index (χ4n) is 4.97. The highest BCUT2D eigenvalue weighted by molar-refractivity contribution is 5.85. The third kappa shape index (κ3) is 4.09. The number of anilines is 1. The molecule has 2 fully saturated rings. The van der Waals surface area contributed by atoms with E-state index in [1.165, 1.54) is 5.56 Å². The van der Waals surface area contributed by atoms with Crippen molar-refractivity contribution in [1.82, 2.24) is 19.9 Å². The number of aromatic nitrogens is 3. The summed E-state index contributed by atoms with van der Waals surface area (Å²) in [4.78, 5) is 30.5. The van der Waals surface area contributed by atoms with Crippen molar-refractivity contribution in [3.8, 4) is 5.75 Å². The number of hydrogen-bond acceptors (Lipinski definition) is 7. The Morgan fingerprint density at radius 3 is 2.79 bits per heavy atom. The number of ether oxygens (including phenoxy) is 2. The molecule has 1 saturated heterocycles. The van der Waals surface area contributed by atoms with Crippen LogP contribution in [0.3, 0.4) is 0 Å². The molecule has 172 valence electrons. The second kappa shape index (κ2) is 8.43. The van der Waals surface area contributed by atoms with Crippen LogP contribution in [0, 0.1) is 0 Å². The number of nitrogens with zero attached hydrogens (tertiary/aromatic N) is 4. The van der Waals surface area contributed by atoms with Gasteiger partial charge >= 0.3 is 0 Å². The number of hydrogen-bond donors (Lipinski definition) is 1. The number of pyridine rings is 1. The van der Waals surface area contributed by atoms with Gasteiger partial charge in [-0.15, -0.1) is 0 Å². The lowest BCUT2D eigenvalue weighted by Crippen LogP contribution is -2.36. The van der Waals surface area contributed by atoms with Gasteiger partial charge in [-0.2, -0.15) is 0 Å². The molecule has 4 heterocycles. The Labute approximate surface area is 192 Å². The molecule has 0 spiro atoms. The maximum atomic E-state index is 13.1. The van der Waals surface area contributed by atoms with E-state index in [0.29, 0.717) is 29.3 Å². The lowest BCUT2D eigenvalue weighted by atomic mass is 10.0. The van der Waals surface area contributed by atoms with E-state index < -0.39 is 0 Å². The van der Waals surface area contributed by atoms with Gasteiger partial charge < -0.3 is 14.4 Å². The van der Waals surface area contributed by atoms with Crippen LogP contribution in [0.5, 0.6) is 5.75 Å². The van der Waals surface area contributed by atoms with Gasteiger partial charge in [0.1, 0.15) is 5.75 Å². The summed E-state index contributed by atoms with van der Waals surface area (Å²) in [6.45, 7) is 5.84. The van der Waals surface area contributed by atoms with E-state index in [9.17, 15) is 4.79 Å². The summed E-state index contributed by atoms with van der Waals surface area (Å²) in [6.07, 6.45) is 3.07. The lowest BCUT2D eigenvalue weighted by molar-refractivity contribution is 0.0336. The number of morpholine rings is 1. The summed E-state index contributed by atoms with van der Waals surface area (Å²) in [5, 5.41) is 0.703. The average molecular weight is 448 g/mol. The van der Waals surface area contributed by atoms with Gasteiger partial charge in [-0.3, -0.25) is 19.7 Å². The fraction of sp³-hybridized carbons (Fsp3) is 0.480. The molecule has 0 unspecified atom stereocenters. The largest absolute Gasteiger partial charge is 0.497 e. The minimum absolute atomic E-state index is 0.0654. The first-order valence-corrected chi connectivity index (χ1v) is 11.8. The molecule has 2 aromatic heterocycles. The Balaban J connectivity index is 1.26. The van der Waals surface area contributed by atoms with Gasteiger partial charge in [0, 0.05) is 50.9 Å². The van der Waals surface area contributed by atoms with Gasteiger partial charge in [0.05, 0.1) is 36.9 Å². The molecule has 33 heavy (non-hydrogen) atoms. The Morgan fingerprint density at radius 1 is 1.15 bits per heavy atom. The Hall–Kier alpha value is -2.97. The number of fused-ring (bicyclic) bond motifs is 2. The SMILES string of the molecule is COc1cc(C2CC2)c2c(=O)[nH]c(N3CCc4nc(CN5CCOCC5)ccc4C3)nc2c1. The zero-order valence-corrected chi connectivity index (χ0v) is 19.0. The monoisotopic (exact) mass is 447 g/mol. The first-order valence-electron chi connectivity index (χ1n) is 11.8. The van der Waals surface area contributed by atoms with Crippen LogP contribution in [0.15, 0.2) is 29.1 Å². The molecule has 8 heteroatoms. The quantitative estimate of drug-likeness (QED) is 0.644. The molecule has 2 aliphatic heterocycles. The van der Waals surface area contributed by atoms with Crippen molar-refractivity contribution in [3.05, 3.63) is 57.1 Å². The van der Waals surface area contributed by atoms with Gasteiger partial charge in [0.25, 0.3) is 5.56 Å². The van der Waals surface area contributed by atoms with E-state index in [4.69, 9.17) is 19.4 Å². The summed E-state index contributed by atoms with van der Waals surface area (Å²) < 4.78 is 10.9. The van der Waals surface area contributed by atoms with Crippen molar-refractivity contribution in [2.45, 2.75) is 38.3 Å². The van der Waals surface area contributed by atoms with E-state index in [-0.39, 0.29) is 5.56 Å². The summed E-state index contributed by atoms with van der Waals surface area (Å²) in [5.74, 6) is 1.82. The number of methoxy groups -OCH3 is 1. The van der Waals surface area contributed by atoms with Crippen molar-refractivity contribution < 1.29 is 9.47 Å². The van der Waals surface area contributed by atoms with Crippen LogP contribution in [0.25, 0.3) is 10.9 Å². The molecule has 1 aliphatic carbocycles. The van der Waals surface area contributed by atoms with Crippen LogP contribution in [-0.4, -0.2) is 59.8 Å². The zero-order valence-electron chi connectivity index (χ0n) is 19.0. The molecule has 1 aromatic carbocycles. The molecule has 0 bridgehead atoms. The molecule has 1 saturated carbocycles. The normalized spacial score (nSPS) is 19.0. The van der Waals surface area contributed by atoms with E-state index in [2.05, 4.69) is 26.9 Å². The first-order chi connectivity index (χ1) is 16.2. The second-order valence-electron chi connectivity index (χ2n) is 9.24. The maximum absolute atomic E-state index is 13.1. The van der Waals surface area contributed by atoms with E-state index in [1.807, 2.05) is 12.1 Å². The molecular formula is C25H29N5O3. The van der Waals surface area contributed by atoms with Crippen molar-refractivity contribution in [2.75, 3.05) is 44.9 Å². The standard InChI is InChI=1S/C25H29N5O3/c1-32-19-12-20(16-2-3-16)23-22(13-19)27-25(28-24(23)31)30-7-6-21-17(14-30)4-5-18(26-21)15-29-8-10-33-11-9-29/h4-5,12-13,16H,2-3,6-11,14-15H2,1H3,(H,27,28,31). The van der Waals surface area contributed by atoms with Crippen LogP contribution in [0.1, 0.15) is 41.3 Å². The van der Waals surface area contributed by atoms with Crippen LogP contribution < -0.4 is 15.2 Å². The third-order valence-electron chi connectivity index (χ3n) is 6.95. The number of H-pyrrole nitrogens is 1. The number of aromatic amines is 1. The summed E-state index contributed by atoms with van der Waals surface area (Å²) in [7, 11) is 1.66. The molecule has 0 radical (unpaired) electrons. The highest BCUT2D eigenvalue weighted by atomic mass is 16.5. The minimum atomic E-state index is -0.0654. The van der Waals surface area contributed by atoms with Gasteiger partial charge in [0.2, 0.25) is 5.95 Å². The summed E-state index contributed by atoms with van der Waals surface area (Å²) in [5.41, 5.74) is 5.16. The average Bonchev–Trinajstić information content (AvgIpc) is 3.69. The van der Waals surface area contributed by atoms with Crippen molar-refractivity contribution in [3.63, 3.8) is 0 Å². The second-order valence-corrected chi connectivity index (χ2v) is 9.24. The topological polar surface area (TPSA) is 83.6 Å². The van der Waals surface area contributed by atoms with Gasteiger partial charge in [-0.25, -0.2) is 4.98 Å². The molecule has 3 aromatic rings. The van der Waals surface area contributed by atoms with Crippen molar-refractivity contribution in [2.24, 2.45) is 0 Å². The van der Waals surface area contributed by atoms with Gasteiger partial charge in [-0.05, 0) is 42.0 Å². The predicted octanol–water partition coefficient (Wildman–Crippen LogP) is 2.60. The van der Waals surface area contributed by atoms with Crippen LogP contribution >= 0.6 is 0 Å². The summed E-state index contributed by atoms with van der Waals surface area (Å²) in [6, 6.07) is 8.17. The van der Waals surface area contributed by atoms with Crippen LogP contribution in [0.2, 0.25) is 0 Å². The van der Waals surface area contributed by atoms with E-state index >= 15 is 0 Å². The molecular weight excluding hydrogens is 418 g/mol. The highest BCUT2D eigenvalue weighted by Crippen LogP contribution is 2.43. The molecule has 8 nitrogen and oxygen atoms in total. The molecule has 1 N–H and O–H groups in total. The zero-order chi connectivity index (χ0) is 22.4. The highest BCUT2D eigenvalue weighted by Gasteiger charge is 2.28. The predicted molar refractivity (Wildman–Crippen MR) is 126 cm³/mol. The maximum Gasteiger partial charge on any atom is 0.260 e. The Kier molecular flexibility index (Phi) is 5.27.